The molecule has 0 aromatic carbocycles. The Kier molecular flexibility index (Phi) is 4.60. The number of likely N-dealkylation sites (tertiary alicyclic amines) is 1. The fraction of sp³-hybridized carbons (Fsp3) is 0.471. The molecule has 2 aliphatic rings. The second-order valence-electron chi connectivity index (χ2n) is 6.59. The summed E-state index contributed by atoms with van der Waals surface area (Å²) >= 11 is 0. The summed E-state index contributed by atoms with van der Waals surface area (Å²) in [6, 6.07) is 4.56. The van der Waals surface area contributed by atoms with Crippen molar-refractivity contribution in [3.8, 4) is 0 Å². The van der Waals surface area contributed by atoms with E-state index in [-0.39, 0.29) is 29.4 Å². The summed E-state index contributed by atoms with van der Waals surface area (Å²) in [7, 11) is 0. The van der Waals surface area contributed by atoms with E-state index >= 15 is 0 Å². The Morgan fingerprint density at radius 3 is 2.88 bits per heavy atom. The normalized spacial score (nSPS) is 23.0. The molecule has 4 rings (SSSR count). The number of aromatic nitrogens is 2. The quantitative estimate of drug-likeness (QED) is 0.845. The van der Waals surface area contributed by atoms with Gasteiger partial charge in [0.2, 0.25) is 0 Å². The van der Waals surface area contributed by atoms with Crippen molar-refractivity contribution in [1.29, 1.82) is 0 Å². The van der Waals surface area contributed by atoms with Crippen LogP contribution in [0.15, 0.2) is 29.3 Å². The third-order valence-electron chi connectivity index (χ3n) is 4.89. The van der Waals surface area contributed by atoms with Crippen LogP contribution in [-0.2, 0) is 0 Å². The van der Waals surface area contributed by atoms with Gasteiger partial charge in [-0.15, -0.1) is 12.4 Å². The minimum absolute atomic E-state index is 0. The van der Waals surface area contributed by atoms with Gasteiger partial charge < -0.3 is 10.2 Å². The summed E-state index contributed by atoms with van der Waals surface area (Å²) in [6.45, 7) is 3.28. The molecular formula is C17H21ClN4O2. The molecule has 0 saturated carbocycles. The largest absolute Gasteiger partial charge is 0.337 e. The number of amides is 1. The van der Waals surface area contributed by atoms with Crippen molar-refractivity contribution in [2.45, 2.75) is 38.3 Å². The number of nitrogens with one attached hydrogen (secondary N) is 1. The second-order valence-corrected chi connectivity index (χ2v) is 6.59. The number of hydrogen-bond donors (Lipinski definition) is 1. The Morgan fingerprint density at radius 1 is 1.25 bits per heavy atom. The Hall–Kier alpha value is -1.92. The summed E-state index contributed by atoms with van der Waals surface area (Å²) in [5.41, 5.74) is 1.40. The van der Waals surface area contributed by atoms with Crippen molar-refractivity contribution in [3.63, 3.8) is 0 Å². The summed E-state index contributed by atoms with van der Waals surface area (Å²) in [6.07, 6.45) is 6.39. The van der Waals surface area contributed by atoms with Crippen LogP contribution in [0.2, 0.25) is 0 Å². The maximum absolute atomic E-state index is 12.8. The topological polar surface area (TPSA) is 66.7 Å². The van der Waals surface area contributed by atoms with E-state index in [1.165, 1.54) is 17.0 Å². The molecule has 1 amide bonds. The summed E-state index contributed by atoms with van der Waals surface area (Å²) in [4.78, 5) is 31.6. The summed E-state index contributed by atoms with van der Waals surface area (Å²) < 4.78 is 1.46. The van der Waals surface area contributed by atoms with Gasteiger partial charge in [0.1, 0.15) is 11.2 Å². The van der Waals surface area contributed by atoms with Crippen LogP contribution >= 0.6 is 12.4 Å². The summed E-state index contributed by atoms with van der Waals surface area (Å²) in [5, 5.41) is 3.55. The standard InChI is InChI=1S/C17H20N4O2.ClH/c1-11-2-5-15-18-8-14(17(23)21(15)9-11)16(22)20-7-6-12-3-4-13(10-20)19-12;/h2,5,8-9,12-13,19H,3-4,6-7,10H2,1H3;1H. The minimum Gasteiger partial charge on any atom is -0.337 e. The number of pyridine rings is 1. The average molecular weight is 349 g/mol. The highest BCUT2D eigenvalue weighted by molar-refractivity contribution is 5.93. The van der Waals surface area contributed by atoms with Gasteiger partial charge in [0, 0.05) is 37.6 Å². The molecule has 0 spiro atoms. The zero-order chi connectivity index (χ0) is 16.0. The number of carbonyl (C=O) groups is 1. The first-order chi connectivity index (χ1) is 11.1. The van der Waals surface area contributed by atoms with E-state index < -0.39 is 0 Å². The van der Waals surface area contributed by atoms with Crippen molar-refractivity contribution in [2.75, 3.05) is 13.1 Å². The first-order valence-corrected chi connectivity index (χ1v) is 8.15. The van der Waals surface area contributed by atoms with Crippen molar-refractivity contribution in [2.24, 2.45) is 0 Å². The van der Waals surface area contributed by atoms with Crippen LogP contribution in [0.25, 0.3) is 5.65 Å². The molecule has 2 bridgehead atoms. The smallest absolute Gasteiger partial charge is 0.270 e. The van der Waals surface area contributed by atoms with Crippen LogP contribution in [0.5, 0.6) is 0 Å². The maximum Gasteiger partial charge on any atom is 0.270 e. The van der Waals surface area contributed by atoms with E-state index in [0.29, 0.717) is 30.8 Å². The molecule has 2 unspecified atom stereocenters. The molecule has 0 aliphatic carbocycles. The number of hydrogen-bond acceptors (Lipinski definition) is 4. The maximum atomic E-state index is 12.8. The van der Waals surface area contributed by atoms with Gasteiger partial charge in [-0.05, 0) is 37.8 Å². The minimum atomic E-state index is -0.286. The van der Waals surface area contributed by atoms with E-state index in [4.69, 9.17) is 0 Å². The second kappa shape index (κ2) is 6.53. The number of rotatable bonds is 1. The predicted molar refractivity (Wildman–Crippen MR) is 93.9 cm³/mol. The third-order valence-corrected chi connectivity index (χ3v) is 4.89. The molecule has 2 saturated heterocycles. The van der Waals surface area contributed by atoms with Crippen molar-refractivity contribution in [3.05, 3.63) is 46.0 Å². The first-order valence-electron chi connectivity index (χ1n) is 8.15. The van der Waals surface area contributed by atoms with E-state index in [0.717, 1.165) is 18.4 Å². The van der Waals surface area contributed by atoms with Crippen molar-refractivity contribution in [1.82, 2.24) is 19.6 Å². The van der Waals surface area contributed by atoms with E-state index in [1.54, 1.807) is 17.2 Å². The van der Waals surface area contributed by atoms with Crippen LogP contribution in [0.4, 0.5) is 0 Å². The molecule has 2 aromatic heterocycles. The fourth-order valence-corrected chi connectivity index (χ4v) is 3.63. The zero-order valence-electron chi connectivity index (χ0n) is 13.6. The Balaban J connectivity index is 0.00000169. The molecule has 6 nitrogen and oxygen atoms in total. The Morgan fingerprint density at radius 2 is 2.04 bits per heavy atom. The van der Waals surface area contributed by atoms with Gasteiger partial charge in [0.25, 0.3) is 11.5 Å². The fourth-order valence-electron chi connectivity index (χ4n) is 3.63. The van der Waals surface area contributed by atoms with Gasteiger partial charge in [-0.1, -0.05) is 6.07 Å². The molecule has 128 valence electrons. The zero-order valence-corrected chi connectivity index (χ0v) is 14.4. The number of fused-ring (bicyclic) bond motifs is 3. The van der Waals surface area contributed by atoms with Crippen LogP contribution in [0, 0.1) is 6.92 Å². The highest BCUT2D eigenvalue weighted by Crippen LogP contribution is 2.21. The van der Waals surface area contributed by atoms with Gasteiger partial charge in [0.05, 0.1) is 0 Å². The van der Waals surface area contributed by atoms with Gasteiger partial charge in [-0.3, -0.25) is 14.0 Å². The van der Waals surface area contributed by atoms with Gasteiger partial charge in [-0.2, -0.15) is 0 Å². The highest BCUT2D eigenvalue weighted by atomic mass is 35.5. The van der Waals surface area contributed by atoms with Crippen LogP contribution in [0.3, 0.4) is 0 Å². The van der Waals surface area contributed by atoms with Crippen LogP contribution in [-0.4, -0.2) is 45.4 Å². The van der Waals surface area contributed by atoms with E-state index in [9.17, 15) is 9.59 Å². The third kappa shape index (κ3) is 2.91. The number of nitrogens with zero attached hydrogens (tertiary/aromatic N) is 3. The lowest BCUT2D eigenvalue weighted by Crippen LogP contribution is -2.41. The van der Waals surface area contributed by atoms with E-state index in [2.05, 4.69) is 10.3 Å². The highest BCUT2D eigenvalue weighted by Gasteiger charge is 2.32. The van der Waals surface area contributed by atoms with Crippen molar-refractivity contribution < 1.29 is 4.79 Å². The molecule has 2 fully saturated rings. The molecule has 2 atom stereocenters. The van der Waals surface area contributed by atoms with Crippen molar-refractivity contribution >= 4 is 24.0 Å². The Labute approximate surface area is 146 Å². The lowest BCUT2D eigenvalue weighted by atomic mass is 10.1. The molecule has 7 heteroatoms. The number of halogens is 1. The predicted octanol–water partition coefficient (Wildman–Crippen LogP) is 1.39. The lowest BCUT2D eigenvalue weighted by Gasteiger charge is -2.24. The SMILES string of the molecule is Cc1ccc2ncc(C(=O)N3CCC4CCC(C3)N4)c(=O)n2c1.Cl. The van der Waals surface area contributed by atoms with Gasteiger partial charge in [0.15, 0.2) is 0 Å². The van der Waals surface area contributed by atoms with E-state index in [1.807, 2.05) is 13.0 Å². The molecule has 0 radical (unpaired) electrons. The van der Waals surface area contributed by atoms with Crippen LogP contribution in [0.1, 0.15) is 35.2 Å². The lowest BCUT2D eigenvalue weighted by molar-refractivity contribution is 0.0745. The molecule has 2 aromatic rings. The molecule has 4 heterocycles. The monoisotopic (exact) mass is 348 g/mol. The average Bonchev–Trinajstić information content (AvgIpc) is 2.87. The van der Waals surface area contributed by atoms with Gasteiger partial charge >= 0.3 is 0 Å². The molecule has 24 heavy (non-hydrogen) atoms. The molecule has 2 aliphatic heterocycles. The summed E-state index contributed by atoms with van der Waals surface area (Å²) in [5.74, 6) is -0.201. The van der Waals surface area contributed by atoms with Crippen LogP contribution < -0.4 is 10.9 Å². The number of aryl methyl sites for hydroxylation is 1. The Bertz CT molecular complexity index is 835. The molecule has 1 N–H and O–H groups in total. The van der Waals surface area contributed by atoms with Gasteiger partial charge in [-0.25, -0.2) is 4.98 Å². The number of carbonyl (C=O) groups excluding carboxylic acids is 1. The first kappa shape index (κ1) is 16.9. The molecular weight excluding hydrogens is 328 g/mol.